The highest BCUT2D eigenvalue weighted by molar-refractivity contribution is 6.00. The summed E-state index contributed by atoms with van der Waals surface area (Å²) < 4.78 is 11.3. The van der Waals surface area contributed by atoms with Crippen LogP contribution in [0.5, 0.6) is 23.1 Å². The molecule has 2 aromatic carbocycles. The van der Waals surface area contributed by atoms with E-state index in [1.165, 1.54) is 18.5 Å². The quantitative estimate of drug-likeness (QED) is 0.528. The van der Waals surface area contributed by atoms with E-state index >= 15 is 0 Å². The molecule has 3 aromatic rings. The molecule has 1 aromatic heterocycles. The monoisotopic (exact) mass is 431 g/mol. The van der Waals surface area contributed by atoms with E-state index in [0.717, 1.165) is 11.4 Å². The van der Waals surface area contributed by atoms with Gasteiger partial charge in [0, 0.05) is 24.1 Å². The van der Waals surface area contributed by atoms with Crippen molar-refractivity contribution in [3.05, 3.63) is 71.3 Å². The van der Waals surface area contributed by atoms with E-state index in [1.807, 2.05) is 24.3 Å². The summed E-state index contributed by atoms with van der Waals surface area (Å²) in [6, 6.07) is 11.9. The zero-order chi connectivity index (χ0) is 22.2. The predicted octanol–water partition coefficient (Wildman–Crippen LogP) is 4.17. The van der Waals surface area contributed by atoms with Crippen LogP contribution in [0.4, 0.5) is 11.5 Å². The van der Waals surface area contributed by atoms with E-state index in [2.05, 4.69) is 15.3 Å². The second-order valence-corrected chi connectivity index (χ2v) is 7.69. The van der Waals surface area contributed by atoms with Gasteiger partial charge in [-0.15, -0.1) is 0 Å². The van der Waals surface area contributed by atoms with Gasteiger partial charge in [-0.05, 0) is 48.4 Å². The first kappa shape index (κ1) is 19.9. The maximum atomic E-state index is 13.0. The first-order valence-electron chi connectivity index (χ1n) is 10.3. The van der Waals surface area contributed by atoms with E-state index in [4.69, 9.17) is 9.47 Å². The van der Waals surface area contributed by atoms with E-state index in [0.29, 0.717) is 53.4 Å². The lowest BCUT2D eigenvalue weighted by Crippen LogP contribution is -2.27. The Bertz CT molecular complexity index is 1240. The van der Waals surface area contributed by atoms with Gasteiger partial charge in [-0.1, -0.05) is 6.07 Å². The second-order valence-electron chi connectivity index (χ2n) is 7.69. The standard InChI is InChI=1S/C24H21N3O5/c1-31-15-8-6-14(7-9-15)27-23-22-20(13-5-10-16(28)18(30)11-13)21-17(29)3-2-4-19(21)32-24(22)26-12-25-23/h5-12,20,28,30H,2-4H2,1H3,(H,25,26,27). The van der Waals surface area contributed by atoms with Crippen molar-refractivity contribution in [3.63, 3.8) is 0 Å². The van der Waals surface area contributed by atoms with Crippen LogP contribution >= 0.6 is 0 Å². The molecule has 32 heavy (non-hydrogen) atoms. The predicted molar refractivity (Wildman–Crippen MR) is 116 cm³/mol. The molecule has 1 aliphatic carbocycles. The lowest BCUT2D eigenvalue weighted by molar-refractivity contribution is -0.116. The van der Waals surface area contributed by atoms with Gasteiger partial charge in [-0.2, -0.15) is 0 Å². The number of rotatable bonds is 4. The van der Waals surface area contributed by atoms with Gasteiger partial charge in [-0.25, -0.2) is 9.97 Å². The second kappa shape index (κ2) is 7.88. The topological polar surface area (TPSA) is 114 Å². The molecule has 0 amide bonds. The number of methoxy groups -OCH3 is 1. The Kier molecular flexibility index (Phi) is 4.89. The molecule has 2 heterocycles. The highest BCUT2D eigenvalue weighted by atomic mass is 16.5. The zero-order valence-electron chi connectivity index (χ0n) is 17.3. The number of phenols is 2. The number of ether oxygens (including phenoxy) is 2. The van der Waals surface area contributed by atoms with Gasteiger partial charge >= 0.3 is 0 Å². The summed E-state index contributed by atoms with van der Waals surface area (Å²) in [6.45, 7) is 0. The Hall–Kier alpha value is -4.07. The lowest BCUT2D eigenvalue weighted by Gasteiger charge is -2.33. The minimum atomic E-state index is -0.546. The Morgan fingerprint density at radius 2 is 1.88 bits per heavy atom. The third kappa shape index (κ3) is 3.39. The van der Waals surface area contributed by atoms with Gasteiger partial charge in [0.25, 0.3) is 0 Å². The zero-order valence-corrected chi connectivity index (χ0v) is 17.3. The van der Waals surface area contributed by atoms with Crippen LogP contribution in [0.15, 0.2) is 60.1 Å². The summed E-state index contributed by atoms with van der Waals surface area (Å²) in [5.74, 6) is 1.13. The molecule has 3 N–H and O–H groups in total. The fourth-order valence-electron chi connectivity index (χ4n) is 4.21. The molecule has 0 saturated heterocycles. The van der Waals surface area contributed by atoms with Gasteiger partial charge in [0.1, 0.15) is 23.7 Å². The van der Waals surface area contributed by atoms with Crippen molar-refractivity contribution in [2.75, 3.05) is 12.4 Å². The number of aromatic hydroxyl groups is 2. The highest BCUT2D eigenvalue weighted by Gasteiger charge is 2.39. The average molecular weight is 431 g/mol. The van der Waals surface area contributed by atoms with Crippen molar-refractivity contribution in [3.8, 4) is 23.1 Å². The normalized spacial score (nSPS) is 17.3. The molecule has 0 fully saturated rings. The summed E-state index contributed by atoms with van der Waals surface area (Å²) in [4.78, 5) is 21.7. The van der Waals surface area contributed by atoms with Gasteiger partial charge in [-0.3, -0.25) is 4.79 Å². The number of nitrogens with one attached hydrogen (secondary N) is 1. The summed E-state index contributed by atoms with van der Waals surface area (Å²) in [7, 11) is 1.60. The molecular formula is C24H21N3O5. The van der Waals surface area contributed by atoms with Crippen LogP contribution in [-0.2, 0) is 4.79 Å². The minimum Gasteiger partial charge on any atom is -0.504 e. The number of phenolic OH excluding ortho intramolecular Hbond substituents is 2. The molecule has 1 atom stereocenters. The number of carbonyl (C=O) groups excluding carboxylic acids is 1. The lowest BCUT2D eigenvalue weighted by atomic mass is 9.77. The average Bonchev–Trinajstić information content (AvgIpc) is 2.80. The van der Waals surface area contributed by atoms with Crippen molar-refractivity contribution in [2.24, 2.45) is 0 Å². The van der Waals surface area contributed by atoms with Crippen molar-refractivity contribution in [1.82, 2.24) is 9.97 Å². The number of nitrogens with zero attached hydrogens (tertiary/aromatic N) is 2. The number of ketones is 1. The molecule has 0 saturated carbocycles. The van der Waals surface area contributed by atoms with Crippen molar-refractivity contribution >= 4 is 17.3 Å². The van der Waals surface area contributed by atoms with Crippen LogP contribution in [0.3, 0.4) is 0 Å². The van der Waals surface area contributed by atoms with E-state index in [1.54, 1.807) is 13.2 Å². The fraction of sp³-hybridized carbons (Fsp3) is 0.208. The Balaban J connectivity index is 1.66. The number of anilines is 2. The molecule has 0 radical (unpaired) electrons. The van der Waals surface area contributed by atoms with E-state index in [9.17, 15) is 15.0 Å². The van der Waals surface area contributed by atoms with E-state index in [-0.39, 0.29) is 17.3 Å². The number of Topliss-reactive ketones (excluding diaryl/α,β-unsaturated/α-hetero) is 1. The Labute approximate surface area is 184 Å². The molecular weight excluding hydrogens is 410 g/mol. The summed E-state index contributed by atoms with van der Waals surface area (Å²) in [5.41, 5.74) is 2.55. The fourth-order valence-corrected chi connectivity index (χ4v) is 4.21. The van der Waals surface area contributed by atoms with Crippen LogP contribution in [0.25, 0.3) is 0 Å². The van der Waals surface area contributed by atoms with Crippen molar-refractivity contribution in [2.45, 2.75) is 25.2 Å². The summed E-state index contributed by atoms with van der Waals surface area (Å²) in [5, 5.41) is 23.3. The van der Waals surface area contributed by atoms with Crippen LogP contribution in [0.2, 0.25) is 0 Å². The Morgan fingerprint density at radius 1 is 1.06 bits per heavy atom. The van der Waals surface area contributed by atoms with Crippen LogP contribution in [-0.4, -0.2) is 33.1 Å². The molecule has 1 unspecified atom stereocenters. The maximum absolute atomic E-state index is 13.0. The molecule has 162 valence electrons. The van der Waals surface area contributed by atoms with E-state index < -0.39 is 5.92 Å². The minimum absolute atomic E-state index is 0.00582. The number of hydrogen-bond donors (Lipinski definition) is 3. The third-order valence-corrected chi connectivity index (χ3v) is 5.74. The van der Waals surface area contributed by atoms with Crippen LogP contribution in [0, 0.1) is 0 Å². The SMILES string of the molecule is COc1ccc(Nc2ncnc3c2C(c2ccc(O)c(O)c2)C2=C(CCCC2=O)O3)cc1. The first-order chi connectivity index (χ1) is 15.5. The Morgan fingerprint density at radius 3 is 2.62 bits per heavy atom. The molecule has 0 spiro atoms. The third-order valence-electron chi connectivity index (χ3n) is 5.74. The van der Waals surface area contributed by atoms with Crippen molar-refractivity contribution in [1.29, 1.82) is 0 Å². The van der Waals surface area contributed by atoms with Gasteiger partial charge in [0.15, 0.2) is 17.3 Å². The van der Waals surface area contributed by atoms with Crippen LogP contribution < -0.4 is 14.8 Å². The number of carbonyl (C=O) groups is 1. The number of aromatic nitrogens is 2. The maximum Gasteiger partial charge on any atom is 0.228 e. The number of benzene rings is 2. The largest absolute Gasteiger partial charge is 0.504 e. The molecule has 8 heteroatoms. The summed E-state index contributed by atoms with van der Waals surface area (Å²) >= 11 is 0. The molecule has 5 rings (SSSR count). The number of allylic oxidation sites excluding steroid dienone is 2. The highest BCUT2D eigenvalue weighted by Crippen LogP contribution is 2.49. The number of hydrogen-bond acceptors (Lipinski definition) is 8. The molecule has 1 aliphatic heterocycles. The smallest absolute Gasteiger partial charge is 0.228 e. The number of fused-ring (bicyclic) bond motifs is 1. The molecule has 0 bridgehead atoms. The van der Waals surface area contributed by atoms with Gasteiger partial charge in [0.05, 0.1) is 18.6 Å². The molecule has 8 nitrogen and oxygen atoms in total. The van der Waals surface area contributed by atoms with Gasteiger partial charge in [0.2, 0.25) is 5.88 Å². The van der Waals surface area contributed by atoms with Crippen molar-refractivity contribution < 1.29 is 24.5 Å². The molecule has 2 aliphatic rings. The van der Waals surface area contributed by atoms with Crippen LogP contribution in [0.1, 0.15) is 36.3 Å². The van der Waals surface area contributed by atoms with Gasteiger partial charge < -0.3 is 25.0 Å². The first-order valence-corrected chi connectivity index (χ1v) is 10.3. The summed E-state index contributed by atoms with van der Waals surface area (Å²) in [6.07, 6.45) is 3.17.